The number of hydrogen-bond acceptors (Lipinski definition) is 3. The Balaban J connectivity index is 2.40. The molecule has 2 rings (SSSR count). The summed E-state index contributed by atoms with van der Waals surface area (Å²) in [6.07, 6.45) is 5.16. The molecule has 0 aliphatic carbocycles. The Labute approximate surface area is 108 Å². The number of rotatable bonds is 0. The van der Waals surface area contributed by atoms with Crippen LogP contribution < -0.4 is 5.73 Å². The van der Waals surface area contributed by atoms with Crippen molar-refractivity contribution in [2.24, 2.45) is 0 Å². The maximum Gasteiger partial charge on any atom is 0.139 e. The Kier molecular flexibility index (Phi) is 3.40. The van der Waals surface area contributed by atoms with Gasteiger partial charge in [0.25, 0.3) is 0 Å². The van der Waals surface area contributed by atoms with Crippen LogP contribution in [0.1, 0.15) is 16.7 Å². The Morgan fingerprint density at radius 1 is 1.24 bits per heavy atom. The van der Waals surface area contributed by atoms with Crippen LogP contribution in [-0.2, 0) is 0 Å². The largest absolute Gasteiger partial charge is 0.383 e. The quantitative estimate of drug-likeness (QED) is 0.758. The van der Waals surface area contributed by atoms with Crippen LogP contribution in [0.2, 0.25) is 0 Å². The van der Waals surface area contributed by atoms with Gasteiger partial charge in [0, 0.05) is 28.6 Å². The first-order valence-electron chi connectivity index (χ1n) is 5.00. The van der Waals surface area contributed by atoms with Gasteiger partial charge in [-0.15, -0.1) is 0 Å². The summed E-state index contributed by atoms with van der Waals surface area (Å²) in [4.78, 5) is 8.05. The molecule has 84 valence electrons. The third kappa shape index (κ3) is 2.83. The molecule has 0 aliphatic heterocycles. The highest BCUT2D eigenvalue weighted by atomic mass is 79.9. The molecule has 2 N–H and O–H groups in total. The average molecular weight is 288 g/mol. The molecule has 0 saturated heterocycles. The van der Waals surface area contributed by atoms with Gasteiger partial charge in [-0.05, 0) is 40.5 Å². The molecule has 0 radical (unpaired) electrons. The Morgan fingerprint density at radius 3 is 2.76 bits per heavy atom. The van der Waals surface area contributed by atoms with Crippen molar-refractivity contribution in [2.75, 3.05) is 5.73 Å². The summed E-state index contributed by atoms with van der Waals surface area (Å²) in [6.45, 7) is 1.97. The molecule has 0 amide bonds. The molecule has 0 spiro atoms. The van der Waals surface area contributed by atoms with Crippen molar-refractivity contribution >= 4 is 21.7 Å². The Hall–Kier alpha value is -1.86. The van der Waals surface area contributed by atoms with E-state index in [9.17, 15) is 0 Å². The van der Waals surface area contributed by atoms with Gasteiger partial charge in [-0.3, -0.25) is 4.98 Å². The lowest BCUT2D eigenvalue weighted by atomic mass is 10.1. The summed E-state index contributed by atoms with van der Waals surface area (Å²) < 4.78 is 0.863. The third-order valence-corrected chi connectivity index (χ3v) is 2.67. The SMILES string of the molecule is Cc1cnccc1C#Cc1cc(Br)cnc1N. The summed E-state index contributed by atoms with van der Waals surface area (Å²) in [5.74, 6) is 6.52. The number of aryl methyl sites for hydroxylation is 1. The van der Waals surface area contributed by atoms with E-state index in [1.165, 1.54) is 0 Å². The van der Waals surface area contributed by atoms with Gasteiger partial charge in [0.15, 0.2) is 0 Å². The van der Waals surface area contributed by atoms with Crippen molar-refractivity contribution in [1.82, 2.24) is 9.97 Å². The van der Waals surface area contributed by atoms with Crippen LogP contribution in [0.4, 0.5) is 5.82 Å². The second-order valence-corrected chi connectivity index (χ2v) is 4.44. The number of nitrogen functional groups attached to an aromatic ring is 1. The number of nitrogens with two attached hydrogens (primary N) is 1. The molecule has 0 atom stereocenters. The number of nitrogens with zero attached hydrogens (tertiary/aromatic N) is 2. The minimum absolute atomic E-state index is 0.437. The van der Waals surface area contributed by atoms with E-state index in [2.05, 4.69) is 37.7 Å². The molecule has 0 fully saturated rings. The molecule has 17 heavy (non-hydrogen) atoms. The van der Waals surface area contributed by atoms with Crippen LogP contribution in [0.15, 0.2) is 35.2 Å². The van der Waals surface area contributed by atoms with Crippen LogP contribution in [0.5, 0.6) is 0 Å². The van der Waals surface area contributed by atoms with Crippen molar-refractivity contribution in [2.45, 2.75) is 6.92 Å². The first kappa shape index (κ1) is 11.6. The number of aromatic nitrogens is 2. The molecule has 2 aromatic rings. The summed E-state index contributed by atoms with van der Waals surface area (Å²) in [7, 11) is 0. The molecular formula is C13H10BrN3. The molecule has 0 saturated carbocycles. The zero-order valence-electron chi connectivity index (χ0n) is 9.24. The summed E-state index contributed by atoms with van der Waals surface area (Å²) in [5, 5.41) is 0. The van der Waals surface area contributed by atoms with Gasteiger partial charge in [0.1, 0.15) is 5.82 Å². The fourth-order valence-electron chi connectivity index (χ4n) is 1.30. The minimum Gasteiger partial charge on any atom is -0.383 e. The molecule has 2 aromatic heterocycles. The number of halogens is 1. The van der Waals surface area contributed by atoms with E-state index < -0.39 is 0 Å². The highest BCUT2D eigenvalue weighted by Crippen LogP contribution is 2.14. The average Bonchev–Trinajstić information content (AvgIpc) is 2.32. The molecule has 2 heterocycles. The van der Waals surface area contributed by atoms with Crippen molar-refractivity contribution in [3.63, 3.8) is 0 Å². The van der Waals surface area contributed by atoms with Crippen LogP contribution in [0.25, 0.3) is 0 Å². The topological polar surface area (TPSA) is 51.8 Å². The molecule has 0 unspecified atom stereocenters. The third-order valence-electron chi connectivity index (χ3n) is 2.24. The molecule has 3 nitrogen and oxygen atoms in total. The van der Waals surface area contributed by atoms with Gasteiger partial charge in [-0.25, -0.2) is 4.98 Å². The standard InChI is InChI=1S/C13H10BrN3/c1-9-7-16-5-4-10(9)2-3-11-6-12(14)8-17-13(11)15/h4-8H,1H3,(H2,15,17). The molecule has 0 bridgehead atoms. The van der Waals surface area contributed by atoms with Crippen LogP contribution in [0, 0.1) is 18.8 Å². The summed E-state index contributed by atoms with van der Waals surface area (Å²) >= 11 is 3.34. The zero-order chi connectivity index (χ0) is 12.3. The van der Waals surface area contributed by atoms with E-state index >= 15 is 0 Å². The Bertz CT molecular complexity index is 612. The van der Waals surface area contributed by atoms with Gasteiger partial charge < -0.3 is 5.73 Å². The van der Waals surface area contributed by atoms with Crippen molar-refractivity contribution in [3.05, 3.63) is 51.9 Å². The van der Waals surface area contributed by atoms with Gasteiger partial charge in [-0.2, -0.15) is 0 Å². The maximum absolute atomic E-state index is 5.74. The first-order chi connectivity index (χ1) is 8.16. The molecule has 4 heteroatoms. The van der Waals surface area contributed by atoms with Gasteiger partial charge >= 0.3 is 0 Å². The van der Waals surface area contributed by atoms with Crippen LogP contribution >= 0.6 is 15.9 Å². The van der Waals surface area contributed by atoms with E-state index in [0.717, 1.165) is 21.2 Å². The monoisotopic (exact) mass is 287 g/mol. The molecule has 0 aliphatic rings. The number of anilines is 1. The summed E-state index contributed by atoms with van der Waals surface area (Å²) in [6, 6.07) is 3.73. The molecule has 0 aromatic carbocycles. The predicted octanol–water partition coefficient (Wildman–Crippen LogP) is 2.53. The Morgan fingerprint density at radius 2 is 2.00 bits per heavy atom. The van der Waals surface area contributed by atoms with Gasteiger partial charge in [-0.1, -0.05) is 11.8 Å². The second-order valence-electron chi connectivity index (χ2n) is 3.53. The highest BCUT2D eigenvalue weighted by Gasteiger charge is 1.98. The van der Waals surface area contributed by atoms with E-state index in [1.54, 1.807) is 18.6 Å². The van der Waals surface area contributed by atoms with E-state index in [4.69, 9.17) is 5.73 Å². The lowest BCUT2D eigenvalue weighted by molar-refractivity contribution is 1.25. The summed E-state index contributed by atoms with van der Waals surface area (Å²) in [5.41, 5.74) is 8.45. The fraction of sp³-hybridized carbons (Fsp3) is 0.0769. The second kappa shape index (κ2) is 4.98. The zero-order valence-corrected chi connectivity index (χ0v) is 10.8. The van der Waals surface area contributed by atoms with Crippen LogP contribution in [0.3, 0.4) is 0 Å². The minimum atomic E-state index is 0.437. The smallest absolute Gasteiger partial charge is 0.139 e. The fourth-order valence-corrected chi connectivity index (χ4v) is 1.63. The lowest BCUT2D eigenvalue weighted by Crippen LogP contribution is -1.94. The van der Waals surface area contributed by atoms with E-state index in [1.807, 2.05) is 19.1 Å². The normalized spacial score (nSPS) is 9.53. The van der Waals surface area contributed by atoms with Crippen molar-refractivity contribution in [1.29, 1.82) is 0 Å². The molecular weight excluding hydrogens is 278 g/mol. The maximum atomic E-state index is 5.74. The van der Waals surface area contributed by atoms with Crippen molar-refractivity contribution < 1.29 is 0 Å². The predicted molar refractivity (Wildman–Crippen MR) is 71.3 cm³/mol. The first-order valence-corrected chi connectivity index (χ1v) is 5.80. The van der Waals surface area contributed by atoms with Crippen molar-refractivity contribution in [3.8, 4) is 11.8 Å². The van der Waals surface area contributed by atoms with Crippen LogP contribution in [-0.4, -0.2) is 9.97 Å². The highest BCUT2D eigenvalue weighted by molar-refractivity contribution is 9.10. The van der Waals surface area contributed by atoms with E-state index in [0.29, 0.717) is 5.82 Å². The number of pyridine rings is 2. The number of hydrogen-bond donors (Lipinski definition) is 1. The van der Waals surface area contributed by atoms with Gasteiger partial charge in [0.2, 0.25) is 0 Å². The van der Waals surface area contributed by atoms with Gasteiger partial charge in [0.05, 0.1) is 5.56 Å². The van der Waals surface area contributed by atoms with E-state index in [-0.39, 0.29) is 0 Å². The lowest BCUT2D eigenvalue weighted by Gasteiger charge is -1.98.